The minimum absolute atomic E-state index is 0.442. The van der Waals surface area contributed by atoms with Crippen molar-refractivity contribution >= 4 is 16.9 Å². The summed E-state index contributed by atoms with van der Waals surface area (Å²) in [4.78, 5) is 10.7. The van der Waals surface area contributed by atoms with E-state index >= 15 is 0 Å². The van der Waals surface area contributed by atoms with Gasteiger partial charge in [-0.15, -0.1) is 0 Å². The first-order valence-electron chi connectivity index (χ1n) is 4.32. The Labute approximate surface area is 84.8 Å². The molecule has 0 radical (unpaired) electrons. The van der Waals surface area contributed by atoms with Gasteiger partial charge < -0.3 is 13.6 Å². The van der Waals surface area contributed by atoms with Crippen LogP contribution in [0.25, 0.3) is 0 Å². The number of carbonyl (C=O) groups is 1. The molecule has 0 amide bonds. The summed E-state index contributed by atoms with van der Waals surface area (Å²) in [5.41, 5.74) is 0. The Hall–Kier alpha value is -0.660. The maximum atomic E-state index is 9.22. The van der Waals surface area contributed by atoms with Crippen molar-refractivity contribution in [3.05, 3.63) is 0 Å². The van der Waals surface area contributed by atoms with Gasteiger partial charge in [-0.2, -0.15) is 0 Å². The van der Waals surface area contributed by atoms with Crippen molar-refractivity contribution in [2.45, 2.75) is 20.8 Å². The van der Waals surface area contributed by atoms with Gasteiger partial charge in [-0.05, 0) is 20.8 Å². The smallest absolute Gasteiger partial charge is 0.308 e. The summed E-state index contributed by atoms with van der Waals surface area (Å²) in [6.45, 7) is 10.0. The SMILES string of the molecule is CC[NH+](CC)CC.O=COS(=O)(=O)[O-]. The van der Waals surface area contributed by atoms with Crippen LogP contribution in [-0.2, 0) is 19.4 Å². The molecule has 0 saturated heterocycles. The average molecular weight is 227 g/mol. The standard InChI is InChI=1S/C6H15N.CH2O5S/c1-4-7(5-2)6-3;2-1-6-7(3,4)5/h4-6H2,1-3H3;1H,(H,3,4,5). The third kappa shape index (κ3) is 13.9. The van der Waals surface area contributed by atoms with Crippen molar-refractivity contribution in [1.29, 1.82) is 0 Å². The molecule has 0 aliphatic rings. The van der Waals surface area contributed by atoms with Gasteiger partial charge in [-0.25, -0.2) is 8.42 Å². The van der Waals surface area contributed by atoms with Crippen LogP contribution >= 0.6 is 0 Å². The fourth-order valence-electron chi connectivity index (χ4n) is 0.798. The second kappa shape index (κ2) is 8.92. The molecule has 0 saturated carbocycles. The quantitative estimate of drug-likeness (QED) is 0.353. The minimum atomic E-state index is -4.79. The highest BCUT2D eigenvalue weighted by atomic mass is 32.3. The summed E-state index contributed by atoms with van der Waals surface area (Å²) in [6, 6.07) is 0. The predicted octanol–water partition coefficient (Wildman–Crippen LogP) is -1.45. The topological polar surface area (TPSA) is 87.9 Å². The highest BCUT2D eigenvalue weighted by Crippen LogP contribution is 1.76. The molecule has 86 valence electrons. The van der Waals surface area contributed by atoms with E-state index in [2.05, 4.69) is 25.0 Å². The minimum Gasteiger partial charge on any atom is -0.716 e. The predicted molar refractivity (Wildman–Crippen MR) is 49.4 cm³/mol. The van der Waals surface area contributed by atoms with Crippen molar-refractivity contribution in [1.82, 2.24) is 0 Å². The molecule has 7 heteroatoms. The van der Waals surface area contributed by atoms with Crippen LogP contribution in [0.15, 0.2) is 0 Å². The molecule has 0 unspecified atom stereocenters. The molecule has 14 heavy (non-hydrogen) atoms. The number of hydrogen-bond donors (Lipinski definition) is 1. The van der Waals surface area contributed by atoms with E-state index in [4.69, 9.17) is 4.79 Å². The summed E-state index contributed by atoms with van der Waals surface area (Å²) in [5, 5.41) is 0. The number of rotatable bonds is 5. The maximum Gasteiger partial charge on any atom is 0.308 e. The molecular weight excluding hydrogens is 210 g/mol. The monoisotopic (exact) mass is 227 g/mol. The highest BCUT2D eigenvalue weighted by molar-refractivity contribution is 7.81. The first-order valence-corrected chi connectivity index (χ1v) is 5.65. The van der Waals surface area contributed by atoms with Crippen molar-refractivity contribution in [2.75, 3.05) is 19.6 Å². The van der Waals surface area contributed by atoms with E-state index in [-0.39, 0.29) is 0 Å². The number of nitrogens with one attached hydrogen (secondary N) is 1. The molecule has 0 atom stereocenters. The van der Waals surface area contributed by atoms with Crippen molar-refractivity contribution in [3.63, 3.8) is 0 Å². The van der Waals surface area contributed by atoms with Gasteiger partial charge in [-0.3, -0.25) is 4.79 Å². The lowest BCUT2D eigenvalue weighted by Crippen LogP contribution is -3.11. The van der Waals surface area contributed by atoms with Crippen LogP contribution in [0.4, 0.5) is 0 Å². The summed E-state index contributed by atoms with van der Waals surface area (Å²) in [7, 11) is -4.79. The van der Waals surface area contributed by atoms with Crippen LogP contribution in [0.5, 0.6) is 0 Å². The van der Waals surface area contributed by atoms with E-state index < -0.39 is 16.9 Å². The van der Waals surface area contributed by atoms with Crippen molar-refractivity contribution in [2.24, 2.45) is 0 Å². The van der Waals surface area contributed by atoms with Crippen LogP contribution in [0, 0.1) is 0 Å². The molecule has 0 aliphatic carbocycles. The molecule has 0 fully saturated rings. The van der Waals surface area contributed by atoms with E-state index in [1.54, 1.807) is 4.90 Å². The van der Waals surface area contributed by atoms with E-state index in [1.165, 1.54) is 19.6 Å². The van der Waals surface area contributed by atoms with Gasteiger partial charge >= 0.3 is 6.47 Å². The zero-order valence-electron chi connectivity index (χ0n) is 8.65. The van der Waals surface area contributed by atoms with Crippen LogP contribution in [0.1, 0.15) is 20.8 Å². The van der Waals surface area contributed by atoms with Crippen LogP contribution in [-0.4, -0.2) is 39.1 Å². The van der Waals surface area contributed by atoms with Gasteiger partial charge in [0, 0.05) is 0 Å². The fourth-order valence-corrected chi connectivity index (χ4v) is 0.894. The van der Waals surface area contributed by atoms with Gasteiger partial charge in [0.15, 0.2) is 0 Å². The Morgan fingerprint density at radius 1 is 1.21 bits per heavy atom. The lowest BCUT2D eigenvalue weighted by atomic mass is 10.5. The lowest BCUT2D eigenvalue weighted by molar-refractivity contribution is -0.894. The molecule has 0 aliphatic heterocycles. The molecule has 0 aromatic carbocycles. The summed E-state index contributed by atoms with van der Waals surface area (Å²) in [5.74, 6) is 0. The van der Waals surface area contributed by atoms with Gasteiger partial charge in [0.05, 0.1) is 19.6 Å². The van der Waals surface area contributed by atoms with Crippen LogP contribution < -0.4 is 4.90 Å². The Balaban J connectivity index is 0. The Morgan fingerprint density at radius 3 is 1.57 bits per heavy atom. The first-order chi connectivity index (χ1) is 6.41. The second-order valence-electron chi connectivity index (χ2n) is 2.41. The number of carbonyl (C=O) groups excluding carboxylic acids is 1. The van der Waals surface area contributed by atoms with E-state index in [1.807, 2.05) is 0 Å². The molecule has 0 bridgehead atoms. The molecule has 6 nitrogen and oxygen atoms in total. The van der Waals surface area contributed by atoms with Gasteiger partial charge in [0.1, 0.15) is 0 Å². The van der Waals surface area contributed by atoms with Gasteiger partial charge in [-0.1, -0.05) is 0 Å². The maximum absolute atomic E-state index is 9.22. The molecule has 1 N–H and O–H groups in total. The Bertz CT molecular complexity index is 217. The summed E-state index contributed by atoms with van der Waals surface area (Å²) >= 11 is 0. The van der Waals surface area contributed by atoms with Crippen molar-refractivity contribution < 1.29 is 26.8 Å². The Kier molecular flexibility index (Phi) is 10.1. The average Bonchev–Trinajstić information content (AvgIpc) is 2.06. The third-order valence-electron chi connectivity index (χ3n) is 1.66. The van der Waals surface area contributed by atoms with E-state index in [0.717, 1.165) is 0 Å². The Morgan fingerprint density at radius 2 is 1.57 bits per heavy atom. The van der Waals surface area contributed by atoms with Crippen LogP contribution in [0.2, 0.25) is 0 Å². The van der Waals surface area contributed by atoms with E-state index in [0.29, 0.717) is 0 Å². The van der Waals surface area contributed by atoms with Gasteiger partial charge in [0.25, 0.3) is 10.4 Å². The van der Waals surface area contributed by atoms with E-state index in [9.17, 15) is 13.0 Å². The molecule has 0 aromatic rings. The third-order valence-corrected chi connectivity index (χ3v) is 1.97. The van der Waals surface area contributed by atoms with Crippen molar-refractivity contribution in [3.8, 4) is 0 Å². The number of hydrogen-bond acceptors (Lipinski definition) is 5. The molecule has 0 aromatic heterocycles. The zero-order chi connectivity index (χ0) is 11.6. The summed E-state index contributed by atoms with van der Waals surface area (Å²) < 4.78 is 30.6. The number of quaternary nitrogens is 1. The fraction of sp³-hybridized carbons (Fsp3) is 0.857. The highest BCUT2D eigenvalue weighted by Gasteiger charge is 1.92. The van der Waals surface area contributed by atoms with Crippen LogP contribution in [0.3, 0.4) is 0 Å². The summed E-state index contributed by atoms with van der Waals surface area (Å²) in [6.07, 6.45) is 0. The zero-order valence-corrected chi connectivity index (χ0v) is 9.46. The molecule has 0 heterocycles. The first kappa shape index (κ1) is 15.8. The molecule has 0 spiro atoms. The van der Waals surface area contributed by atoms with Gasteiger partial charge in [0.2, 0.25) is 0 Å². The second-order valence-corrected chi connectivity index (χ2v) is 3.42. The molecular formula is C7H17NO5S. The normalized spacial score (nSPS) is 10.4. The largest absolute Gasteiger partial charge is 0.716 e. The molecule has 0 rings (SSSR count). The lowest BCUT2D eigenvalue weighted by Gasteiger charge is -2.10.